The lowest BCUT2D eigenvalue weighted by atomic mass is 9.99. The molecule has 2 N–H and O–H groups in total. The lowest BCUT2D eigenvalue weighted by molar-refractivity contribution is 0.122. The van der Waals surface area contributed by atoms with Crippen LogP contribution in [0.5, 0.6) is 0 Å². The average Bonchev–Trinajstić information content (AvgIpc) is 3.09. The zero-order valence-electron chi connectivity index (χ0n) is 17.1. The average molecular weight is 380 g/mol. The number of nitrogens with one attached hydrogen (secondary N) is 2. The van der Waals surface area contributed by atoms with Crippen LogP contribution >= 0.6 is 0 Å². The number of benzene rings is 1. The number of anilines is 2. The highest BCUT2D eigenvalue weighted by Gasteiger charge is 2.19. The van der Waals surface area contributed by atoms with Crippen molar-refractivity contribution in [2.24, 2.45) is 0 Å². The maximum Gasteiger partial charge on any atom is 0.229 e. The maximum atomic E-state index is 5.47. The fourth-order valence-electron chi connectivity index (χ4n) is 3.60. The minimum absolute atomic E-state index is 0.145. The van der Waals surface area contributed by atoms with Gasteiger partial charge in [-0.05, 0) is 37.0 Å². The molecule has 1 aliphatic rings. The van der Waals surface area contributed by atoms with E-state index in [2.05, 4.69) is 66.3 Å². The number of morpholine rings is 1. The Labute approximate surface area is 166 Å². The van der Waals surface area contributed by atoms with E-state index in [1.165, 1.54) is 11.1 Å². The van der Waals surface area contributed by atoms with Crippen molar-refractivity contribution in [1.29, 1.82) is 0 Å². The molecule has 2 aromatic heterocycles. The summed E-state index contributed by atoms with van der Waals surface area (Å²) in [5.74, 6) is 2.16. The van der Waals surface area contributed by atoms with Gasteiger partial charge in [-0.3, -0.25) is 0 Å². The predicted octanol–water partition coefficient (Wildman–Crippen LogP) is 4.40. The SMILES string of the molecule is Cc1cc2c(NC(C)c3ccc(C(C)C)cc3)nc(N3CCOCC3)nc2[nH]1. The number of ether oxygens (including phenoxy) is 1. The minimum atomic E-state index is 0.145. The molecule has 6 heteroatoms. The highest BCUT2D eigenvalue weighted by atomic mass is 16.5. The summed E-state index contributed by atoms with van der Waals surface area (Å²) in [4.78, 5) is 15.2. The lowest BCUT2D eigenvalue weighted by Gasteiger charge is -2.27. The monoisotopic (exact) mass is 379 g/mol. The molecule has 1 atom stereocenters. The van der Waals surface area contributed by atoms with E-state index >= 15 is 0 Å². The molecule has 0 aliphatic carbocycles. The highest BCUT2D eigenvalue weighted by Crippen LogP contribution is 2.28. The summed E-state index contributed by atoms with van der Waals surface area (Å²) >= 11 is 0. The number of aromatic amines is 1. The van der Waals surface area contributed by atoms with Gasteiger partial charge in [-0.2, -0.15) is 9.97 Å². The molecule has 4 rings (SSSR count). The molecule has 1 fully saturated rings. The van der Waals surface area contributed by atoms with Crippen LogP contribution in [0.15, 0.2) is 30.3 Å². The van der Waals surface area contributed by atoms with Gasteiger partial charge in [0.05, 0.1) is 18.6 Å². The summed E-state index contributed by atoms with van der Waals surface area (Å²) in [6.07, 6.45) is 0. The van der Waals surface area contributed by atoms with Crippen molar-refractivity contribution in [3.63, 3.8) is 0 Å². The molecule has 6 nitrogen and oxygen atoms in total. The Morgan fingerprint density at radius 1 is 1.04 bits per heavy atom. The van der Waals surface area contributed by atoms with Gasteiger partial charge in [0.25, 0.3) is 0 Å². The molecule has 148 valence electrons. The molecule has 0 spiro atoms. The first-order valence-corrected chi connectivity index (χ1v) is 10.1. The van der Waals surface area contributed by atoms with Crippen molar-refractivity contribution >= 4 is 22.8 Å². The lowest BCUT2D eigenvalue weighted by Crippen LogP contribution is -2.37. The van der Waals surface area contributed by atoms with E-state index in [1.807, 2.05) is 6.92 Å². The zero-order chi connectivity index (χ0) is 19.7. The Kier molecular flexibility index (Phi) is 5.22. The van der Waals surface area contributed by atoms with Crippen LogP contribution < -0.4 is 10.2 Å². The number of hydrogen-bond acceptors (Lipinski definition) is 5. The van der Waals surface area contributed by atoms with Crippen LogP contribution in [0.1, 0.15) is 49.6 Å². The largest absolute Gasteiger partial charge is 0.378 e. The van der Waals surface area contributed by atoms with Gasteiger partial charge in [-0.25, -0.2) is 0 Å². The molecule has 1 unspecified atom stereocenters. The number of aromatic nitrogens is 3. The summed E-state index contributed by atoms with van der Waals surface area (Å²) < 4.78 is 5.47. The second-order valence-corrected chi connectivity index (χ2v) is 7.87. The fourth-order valence-corrected chi connectivity index (χ4v) is 3.60. The molecule has 3 heterocycles. The summed E-state index contributed by atoms with van der Waals surface area (Å²) in [5, 5.41) is 4.64. The number of rotatable bonds is 5. The molecule has 0 amide bonds. The molecule has 1 saturated heterocycles. The molecule has 0 radical (unpaired) electrons. The molecular formula is C22H29N5O. The van der Waals surface area contributed by atoms with Crippen LogP contribution in [-0.4, -0.2) is 41.3 Å². The van der Waals surface area contributed by atoms with Crippen molar-refractivity contribution in [2.45, 2.75) is 39.7 Å². The van der Waals surface area contributed by atoms with Gasteiger partial charge in [-0.1, -0.05) is 38.1 Å². The third kappa shape index (κ3) is 3.83. The van der Waals surface area contributed by atoms with E-state index in [0.717, 1.165) is 41.6 Å². The Bertz CT molecular complexity index is 941. The predicted molar refractivity (Wildman–Crippen MR) is 114 cm³/mol. The van der Waals surface area contributed by atoms with Crippen LogP contribution in [0.2, 0.25) is 0 Å². The third-order valence-electron chi connectivity index (χ3n) is 5.36. The highest BCUT2D eigenvalue weighted by molar-refractivity contribution is 5.89. The van der Waals surface area contributed by atoms with Crippen LogP contribution in [0, 0.1) is 6.92 Å². The zero-order valence-corrected chi connectivity index (χ0v) is 17.1. The van der Waals surface area contributed by atoms with Crippen molar-refractivity contribution in [2.75, 3.05) is 36.5 Å². The first kappa shape index (κ1) is 18.7. The second-order valence-electron chi connectivity index (χ2n) is 7.87. The molecule has 1 aromatic carbocycles. The summed E-state index contributed by atoms with van der Waals surface area (Å²) in [7, 11) is 0. The molecule has 3 aromatic rings. The van der Waals surface area contributed by atoms with Crippen LogP contribution in [0.4, 0.5) is 11.8 Å². The fraction of sp³-hybridized carbons (Fsp3) is 0.455. The Hall–Kier alpha value is -2.60. The topological polar surface area (TPSA) is 66.1 Å². The van der Waals surface area contributed by atoms with Crippen LogP contribution in [-0.2, 0) is 4.74 Å². The number of nitrogens with zero attached hydrogens (tertiary/aromatic N) is 3. The van der Waals surface area contributed by atoms with Crippen molar-refractivity contribution in [3.05, 3.63) is 47.2 Å². The first-order valence-electron chi connectivity index (χ1n) is 10.1. The van der Waals surface area contributed by atoms with E-state index in [4.69, 9.17) is 14.7 Å². The van der Waals surface area contributed by atoms with Gasteiger partial charge in [-0.15, -0.1) is 0 Å². The first-order chi connectivity index (χ1) is 13.5. The Balaban J connectivity index is 1.64. The van der Waals surface area contributed by atoms with E-state index < -0.39 is 0 Å². The van der Waals surface area contributed by atoms with Gasteiger partial charge in [0.1, 0.15) is 11.5 Å². The van der Waals surface area contributed by atoms with E-state index in [1.54, 1.807) is 0 Å². The van der Waals surface area contributed by atoms with Crippen LogP contribution in [0.3, 0.4) is 0 Å². The van der Waals surface area contributed by atoms with E-state index in [-0.39, 0.29) is 6.04 Å². The van der Waals surface area contributed by atoms with Gasteiger partial charge in [0.2, 0.25) is 5.95 Å². The molecular weight excluding hydrogens is 350 g/mol. The normalized spacial score (nSPS) is 16.0. The standard InChI is InChI=1S/C22H29N5O/c1-14(2)17-5-7-18(8-6-17)16(4)24-21-19-13-15(3)23-20(19)25-22(26-21)27-9-11-28-12-10-27/h5-8,13-14,16H,9-12H2,1-4H3,(H2,23,24,25,26). The summed E-state index contributed by atoms with van der Waals surface area (Å²) in [6, 6.07) is 11.1. The maximum absolute atomic E-state index is 5.47. The minimum Gasteiger partial charge on any atom is -0.378 e. The smallest absolute Gasteiger partial charge is 0.229 e. The van der Waals surface area contributed by atoms with Gasteiger partial charge >= 0.3 is 0 Å². The Morgan fingerprint density at radius 2 is 1.71 bits per heavy atom. The summed E-state index contributed by atoms with van der Waals surface area (Å²) in [6.45, 7) is 11.7. The quantitative estimate of drug-likeness (QED) is 0.688. The Morgan fingerprint density at radius 3 is 2.39 bits per heavy atom. The van der Waals surface area contributed by atoms with Crippen molar-refractivity contribution in [3.8, 4) is 0 Å². The summed E-state index contributed by atoms with van der Waals surface area (Å²) in [5.41, 5.74) is 4.56. The van der Waals surface area contributed by atoms with E-state index in [0.29, 0.717) is 19.1 Å². The van der Waals surface area contributed by atoms with Crippen molar-refractivity contribution in [1.82, 2.24) is 15.0 Å². The number of H-pyrrole nitrogens is 1. The molecule has 1 aliphatic heterocycles. The number of hydrogen-bond donors (Lipinski definition) is 2. The van der Waals surface area contributed by atoms with Crippen molar-refractivity contribution < 1.29 is 4.74 Å². The van der Waals surface area contributed by atoms with Gasteiger partial charge < -0.3 is 19.9 Å². The molecule has 28 heavy (non-hydrogen) atoms. The third-order valence-corrected chi connectivity index (χ3v) is 5.36. The molecule has 0 bridgehead atoms. The van der Waals surface area contributed by atoms with E-state index in [9.17, 15) is 0 Å². The molecule has 0 saturated carbocycles. The van der Waals surface area contributed by atoms with Crippen LogP contribution in [0.25, 0.3) is 11.0 Å². The number of fused-ring (bicyclic) bond motifs is 1. The van der Waals surface area contributed by atoms with Gasteiger partial charge in [0, 0.05) is 24.8 Å². The van der Waals surface area contributed by atoms with Gasteiger partial charge in [0.15, 0.2) is 0 Å². The second kappa shape index (κ2) is 7.80. The number of aryl methyl sites for hydroxylation is 1.